The molecule has 2 aliphatic rings. The molecule has 0 aromatic heterocycles. The molecule has 0 saturated carbocycles. The number of nitrogens with zero attached hydrogens (tertiary/aromatic N) is 2. The van der Waals surface area contributed by atoms with Crippen LogP contribution in [0.1, 0.15) is 12.8 Å². The van der Waals surface area contributed by atoms with Gasteiger partial charge in [-0.1, -0.05) is 0 Å². The summed E-state index contributed by atoms with van der Waals surface area (Å²) in [5, 5.41) is 3.41. The van der Waals surface area contributed by atoms with E-state index in [1.54, 1.807) is 0 Å². The van der Waals surface area contributed by atoms with Crippen LogP contribution in [0.25, 0.3) is 0 Å². The zero-order valence-electron chi connectivity index (χ0n) is 10.8. The topological polar surface area (TPSA) is 56.6 Å². The van der Waals surface area contributed by atoms with Gasteiger partial charge in [-0.2, -0.15) is 0 Å². The second-order valence-corrected chi connectivity index (χ2v) is 5.29. The van der Waals surface area contributed by atoms with E-state index in [4.69, 9.17) is 5.84 Å². The Morgan fingerprint density at radius 2 is 1.76 bits per heavy atom. The van der Waals surface area contributed by atoms with E-state index in [1.165, 1.54) is 58.7 Å². The van der Waals surface area contributed by atoms with E-state index in [0.717, 1.165) is 19.0 Å². The van der Waals surface area contributed by atoms with Crippen LogP contribution in [-0.4, -0.2) is 68.7 Å². The fraction of sp³-hybridized carbons (Fsp3) is 1.00. The molecule has 2 fully saturated rings. The van der Waals surface area contributed by atoms with Crippen LogP contribution >= 0.6 is 0 Å². The molecule has 0 unspecified atom stereocenters. The molecule has 2 heterocycles. The molecular formula is C12H27N5. The summed E-state index contributed by atoms with van der Waals surface area (Å²) < 4.78 is 0. The highest BCUT2D eigenvalue weighted by atomic mass is 15.2. The van der Waals surface area contributed by atoms with E-state index in [9.17, 15) is 0 Å². The predicted octanol–water partition coefficient (Wildman–Crippen LogP) is -0.933. The molecule has 2 rings (SSSR count). The Morgan fingerprint density at radius 3 is 2.41 bits per heavy atom. The first-order valence-corrected chi connectivity index (χ1v) is 6.97. The third kappa shape index (κ3) is 4.52. The molecular weight excluding hydrogens is 214 g/mol. The Bertz CT molecular complexity index is 197. The van der Waals surface area contributed by atoms with Crippen LogP contribution in [-0.2, 0) is 0 Å². The monoisotopic (exact) mass is 241 g/mol. The zero-order valence-corrected chi connectivity index (χ0v) is 10.8. The molecule has 0 aliphatic carbocycles. The molecule has 0 aromatic carbocycles. The molecule has 0 amide bonds. The Balaban J connectivity index is 1.61. The average molecular weight is 241 g/mol. The number of hydrogen-bond donors (Lipinski definition) is 3. The van der Waals surface area contributed by atoms with Gasteiger partial charge in [0.05, 0.1) is 0 Å². The summed E-state index contributed by atoms with van der Waals surface area (Å²) in [5.41, 5.74) is 2.74. The van der Waals surface area contributed by atoms with Crippen LogP contribution in [0.15, 0.2) is 0 Å². The Hall–Kier alpha value is -0.200. The zero-order chi connectivity index (χ0) is 11.9. The molecule has 0 bridgehead atoms. The van der Waals surface area contributed by atoms with Crippen LogP contribution in [0.2, 0.25) is 0 Å². The van der Waals surface area contributed by atoms with E-state index in [-0.39, 0.29) is 0 Å². The van der Waals surface area contributed by atoms with Gasteiger partial charge in [-0.05, 0) is 31.8 Å². The summed E-state index contributed by atoms with van der Waals surface area (Å²) in [6.45, 7) is 10.6. The lowest BCUT2D eigenvalue weighted by Gasteiger charge is -2.36. The summed E-state index contributed by atoms with van der Waals surface area (Å²) in [4.78, 5) is 5.15. The minimum atomic E-state index is 0.905. The van der Waals surface area contributed by atoms with Crippen LogP contribution in [0.5, 0.6) is 0 Å². The fourth-order valence-electron chi connectivity index (χ4n) is 2.87. The molecule has 2 saturated heterocycles. The highest BCUT2D eigenvalue weighted by molar-refractivity contribution is 4.77. The van der Waals surface area contributed by atoms with Gasteiger partial charge in [0, 0.05) is 45.8 Å². The molecule has 17 heavy (non-hydrogen) atoms. The van der Waals surface area contributed by atoms with Crippen LogP contribution in [0.3, 0.4) is 0 Å². The van der Waals surface area contributed by atoms with Gasteiger partial charge in [0.25, 0.3) is 0 Å². The van der Waals surface area contributed by atoms with Gasteiger partial charge < -0.3 is 15.1 Å². The number of nitrogens with one attached hydrogen (secondary N) is 2. The molecule has 0 radical (unpaired) electrons. The Labute approximate surface area is 105 Å². The maximum absolute atomic E-state index is 5.31. The number of piperidine rings is 1. The summed E-state index contributed by atoms with van der Waals surface area (Å²) in [5.74, 6) is 6.22. The van der Waals surface area contributed by atoms with E-state index >= 15 is 0 Å². The number of piperazine rings is 1. The van der Waals surface area contributed by atoms with Gasteiger partial charge in [-0.25, -0.2) is 0 Å². The first-order chi connectivity index (χ1) is 8.38. The molecule has 5 heteroatoms. The number of hydrogen-bond acceptors (Lipinski definition) is 5. The Morgan fingerprint density at radius 1 is 1.06 bits per heavy atom. The predicted molar refractivity (Wildman–Crippen MR) is 70.7 cm³/mol. The van der Waals surface area contributed by atoms with E-state index in [1.807, 2.05) is 0 Å². The van der Waals surface area contributed by atoms with E-state index < -0.39 is 0 Å². The molecule has 5 nitrogen and oxygen atoms in total. The van der Waals surface area contributed by atoms with E-state index in [2.05, 4.69) is 20.5 Å². The van der Waals surface area contributed by atoms with Crippen molar-refractivity contribution < 1.29 is 0 Å². The number of rotatable bonds is 5. The first kappa shape index (κ1) is 13.2. The van der Waals surface area contributed by atoms with Gasteiger partial charge in [-0.3, -0.25) is 11.3 Å². The van der Waals surface area contributed by atoms with Crippen molar-refractivity contribution in [2.24, 2.45) is 11.8 Å². The van der Waals surface area contributed by atoms with Crippen LogP contribution in [0, 0.1) is 5.92 Å². The van der Waals surface area contributed by atoms with E-state index in [0.29, 0.717) is 0 Å². The van der Waals surface area contributed by atoms with Gasteiger partial charge >= 0.3 is 0 Å². The summed E-state index contributed by atoms with van der Waals surface area (Å²) in [7, 11) is 0. The lowest BCUT2D eigenvalue weighted by atomic mass is 9.96. The maximum Gasteiger partial charge on any atom is 0.0225 e. The number of nitrogens with two attached hydrogens (primary N) is 1. The maximum atomic E-state index is 5.31. The standard InChI is InChI=1S/C12H27N5/c13-15-5-10-16-6-1-12(2-7-16)11-17-8-3-14-4-9-17/h12,14-15H,1-11,13H2. The minimum Gasteiger partial charge on any atom is -0.314 e. The molecule has 0 aromatic rings. The molecule has 100 valence electrons. The van der Waals surface area contributed by atoms with Crippen molar-refractivity contribution in [3.63, 3.8) is 0 Å². The first-order valence-electron chi connectivity index (χ1n) is 6.97. The average Bonchev–Trinajstić information content (AvgIpc) is 2.39. The van der Waals surface area contributed by atoms with Crippen molar-refractivity contribution in [2.75, 3.05) is 58.9 Å². The lowest BCUT2D eigenvalue weighted by Crippen LogP contribution is -2.47. The Kier molecular flexibility index (Phi) is 5.67. The second kappa shape index (κ2) is 7.28. The number of likely N-dealkylation sites (tertiary alicyclic amines) is 1. The quantitative estimate of drug-likeness (QED) is 0.429. The summed E-state index contributed by atoms with van der Waals surface area (Å²) >= 11 is 0. The lowest BCUT2D eigenvalue weighted by molar-refractivity contribution is 0.136. The van der Waals surface area contributed by atoms with Crippen molar-refractivity contribution in [3.8, 4) is 0 Å². The van der Waals surface area contributed by atoms with Gasteiger partial charge in [0.1, 0.15) is 0 Å². The van der Waals surface area contributed by atoms with Crippen LogP contribution in [0.4, 0.5) is 0 Å². The van der Waals surface area contributed by atoms with Gasteiger partial charge in [-0.15, -0.1) is 0 Å². The third-order valence-corrected chi connectivity index (χ3v) is 4.01. The normalized spacial score (nSPS) is 25.2. The van der Waals surface area contributed by atoms with Crippen molar-refractivity contribution in [1.82, 2.24) is 20.5 Å². The summed E-state index contributed by atoms with van der Waals surface area (Å²) in [6.07, 6.45) is 2.71. The highest BCUT2D eigenvalue weighted by Gasteiger charge is 2.21. The van der Waals surface area contributed by atoms with Crippen molar-refractivity contribution in [3.05, 3.63) is 0 Å². The number of hydrazine groups is 1. The van der Waals surface area contributed by atoms with Crippen molar-refractivity contribution >= 4 is 0 Å². The summed E-state index contributed by atoms with van der Waals surface area (Å²) in [6, 6.07) is 0. The molecule has 4 N–H and O–H groups in total. The third-order valence-electron chi connectivity index (χ3n) is 4.01. The van der Waals surface area contributed by atoms with Gasteiger partial charge in [0.2, 0.25) is 0 Å². The molecule has 0 atom stereocenters. The minimum absolute atomic E-state index is 0.905. The van der Waals surface area contributed by atoms with Gasteiger partial charge in [0.15, 0.2) is 0 Å². The fourth-order valence-corrected chi connectivity index (χ4v) is 2.87. The van der Waals surface area contributed by atoms with Crippen LogP contribution < -0.4 is 16.6 Å². The SMILES string of the molecule is NNCCN1CCC(CN2CCNCC2)CC1. The molecule has 2 aliphatic heterocycles. The largest absolute Gasteiger partial charge is 0.314 e. The molecule has 0 spiro atoms. The second-order valence-electron chi connectivity index (χ2n) is 5.29. The van der Waals surface area contributed by atoms with Crippen molar-refractivity contribution in [2.45, 2.75) is 12.8 Å². The van der Waals surface area contributed by atoms with Crippen molar-refractivity contribution in [1.29, 1.82) is 0 Å². The smallest absolute Gasteiger partial charge is 0.0225 e. The highest BCUT2D eigenvalue weighted by Crippen LogP contribution is 2.18.